The summed E-state index contributed by atoms with van der Waals surface area (Å²) in [5.41, 5.74) is 11.3. The van der Waals surface area contributed by atoms with Gasteiger partial charge in [0.05, 0.1) is 0 Å². The van der Waals surface area contributed by atoms with E-state index in [0.29, 0.717) is 17.5 Å². The minimum atomic E-state index is 0.588. The average molecular weight is 834 g/mol. The Hall–Kier alpha value is -8.25. The molecule has 298 valence electrons. The zero-order chi connectivity index (χ0) is 42.1. The van der Waals surface area contributed by atoms with Crippen LogP contribution in [0.3, 0.4) is 0 Å². The quantitative estimate of drug-likeness (QED) is 0.167. The molecule has 13 rings (SSSR count). The van der Waals surface area contributed by atoms with Crippen LogP contribution in [0.2, 0.25) is 0 Å². The molecule has 4 nitrogen and oxygen atoms in total. The molecule has 0 unspecified atom stereocenters. The Morgan fingerprint density at radius 3 is 1.70 bits per heavy atom. The third kappa shape index (κ3) is 6.01. The van der Waals surface area contributed by atoms with E-state index in [1.165, 1.54) is 47.6 Å². The summed E-state index contributed by atoms with van der Waals surface area (Å²) in [6.45, 7) is 0. The number of thiophene rings is 1. The van der Waals surface area contributed by atoms with E-state index in [9.17, 15) is 0 Å². The summed E-state index contributed by atoms with van der Waals surface area (Å²) >= 11 is 1.86. The second kappa shape index (κ2) is 14.7. The molecule has 0 radical (unpaired) electrons. The van der Waals surface area contributed by atoms with Crippen molar-refractivity contribution >= 4 is 75.0 Å². The highest BCUT2D eigenvalue weighted by molar-refractivity contribution is 7.26. The predicted octanol–water partition coefficient (Wildman–Crippen LogP) is 16.4. The van der Waals surface area contributed by atoms with E-state index in [-0.39, 0.29) is 0 Å². The molecule has 0 amide bonds. The van der Waals surface area contributed by atoms with Crippen LogP contribution in [0, 0.1) is 0 Å². The maximum Gasteiger partial charge on any atom is 0.164 e. The summed E-state index contributed by atoms with van der Waals surface area (Å²) in [5, 5.41) is 9.23. The first kappa shape index (κ1) is 36.4. The number of hydrogen-bond donors (Lipinski definition) is 0. The predicted molar refractivity (Wildman–Crippen MR) is 268 cm³/mol. The summed E-state index contributed by atoms with van der Waals surface area (Å²) in [6, 6.07) is 75.1. The molecule has 0 N–H and O–H groups in total. The Balaban J connectivity index is 0.936. The highest BCUT2D eigenvalue weighted by Crippen LogP contribution is 2.42. The molecule has 0 atom stereocenters. The first-order valence-corrected chi connectivity index (χ1v) is 22.3. The standard InChI is InChI=1S/C59H35N3OS/c1-3-18-43-37(12-1)14-8-21-45(43)41-32-33-50-53(35-41)63-52-26-11-25-51(55(50)52)59-61-57(60-58(62-59)49-24-9-15-38-13-2-4-19-44(38)49)42-17-7-16-40(34-42)36-28-30-39(31-29-36)46-22-10-23-48-47-20-5-6-27-54(47)64-56(46)48/h1-35H. The number of hydrogen-bond acceptors (Lipinski definition) is 5. The lowest BCUT2D eigenvalue weighted by atomic mass is 9.97. The molecule has 0 saturated carbocycles. The lowest BCUT2D eigenvalue weighted by molar-refractivity contribution is 0.669. The molecule has 64 heavy (non-hydrogen) atoms. The molecule has 3 heterocycles. The van der Waals surface area contributed by atoms with E-state index in [1.807, 2.05) is 23.5 Å². The van der Waals surface area contributed by atoms with Crippen molar-refractivity contribution < 1.29 is 4.42 Å². The maximum absolute atomic E-state index is 6.64. The largest absolute Gasteiger partial charge is 0.456 e. The van der Waals surface area contributed by atoms with Gasteiger partial charge >= 0.3 is 0 Å². The van der Waals surface area contributed by atoms with Crippen LogP contribution in [0.15, 0.2) is 217 Å². The zero-order valence-corrected chi connectivity index (χ0v) is 35.2. The van der Waals surface area contributed by atoms with Gasteiger partial charge in [-0.1, -0.05) is 182 Å². The molecule has 0 fully saturated rings. The van der Waals surface area contributed by atoms with Gasteiger partial charge in [-0.05, 0) is 85.3 Å². The molecular formula is C59H35N3OS. The van der Waals surface area contributed by atoms with Crippen LogP contribution in [0.25, 0.3) is 131 Å². The molecule has 5 heteroatoms. The van der Waals surface area contributed by atoms with Gasteiger partial charge in [-0.25, -0.2) is 15.0 Å². The SMILES string of the molecule is c1cc(-c2ccc(-c3cccc4c3sc3ccccc34)cc2)cc(-c2nc(-c3cccc4ccccc34)nc(-c3cccc4oc5cc(-c6cccc7ccccc67)ccc5c34)n2)c1. The summed E-state index contributed by atoms with van der Waals surface area (Å²) in [4.78, 5) is 15.8. The summed E-state index contributed by atoms with van der Waals surface area (Å²) in [6.07, 6.45) is 0. The van der Waals surface area contributed by atoms with Gasteiger partial charge in [0.1, 0.15) is 11.2 Å². The van der Waals surface area contributed by atoms with E-state index in [2.05, 4.69) is 200 Å². The molecule has 0 bridgehead atoms. The Labute approximate surface area is 372 Å². The normalized spacial score (nSPS) is 11.8. The molecular weight excluding hydrogens is 799 g/mol. The Kier molecular flexibility index (Phi) is 8.36. The highest BCUT2D eigenvalue weighted by Gasteiger charge is 2.20. The number of fused-ring (bicyclic) bond motifs is 8. The van der Waals surface area contributed by atoms with Crippen LogP contribution in [-0.2, 0) is 0 Å². The minimum absolute atomic E-state index is 0.588. The van der Waals surface area contributed by atoms with Crippen molar-refractivity contribution in [3.8, 4) is 67.5 Å². The fraction of sp³-hybridized carbons (Fsp3) is 0. The lowest BCUT2D eigenvalue weighted by Crippen LogP contribution is -2.01. The second-order valence-electron chi connectivity index (χ2n) is 16.3. The van der Waals surface area contributed by atoms with Gasteiger partial charge in [0.25, 0.3) is 0 Å². The number of benzene rings is 10. The van der Waals surface area contributed by atoms with Gasteiger partial charge in [0, 0.05) is 47.6 Å². The Morgan fingerprint density at radius 2 is 0.875 bits per heavy atom. The van der Waals surface area contributed by atoms with Gasteiger partial charge in [-0.15, -0.1) is 11.3 Å². The molecule has 0 aliphatic heterocycles. The zero-order valence-electron chi connectivity index (χ0n) is 34.4. The maximum atomic E-state index is 6.64. The first-order valence-electron chi connectivity index (χ1n) is 21.5. The molecule has 13 aromatic rings. The van der Waals surface area contributed by atoms with Gasteiger partial charge in [0.2, 0.25) is 0 Å². The molecule has 3 aromatic heterocycles. The van der Waals surface area contributed by atoms with Crippen LogP contribution in [0.5, 0.6) is 0 Å². The Bertz CT molecular complexity index is 3970. The molecule has 0 spiro atoms. The van der Waals surface area contributed by atoms with E-state index < -0.39 is 0 Å². The molecule has 0 aliphatic carbocycles. The second-order valence-corrected chi connectivity index (χ2v) is 17.3. The van der Waals surface area contributed by atoms with E-state index in [1.54, 1.807) is 0 Å². The smallest absolute Gasteiger partial charge is 0.164 e. The monoisotopic (exact) mass is 833 g/mol. The fourth-order valence-corrected chi connectivity index (χ4v) is 10.7. The molecule has 0 saturated heterocycles. The van der Waals surface area contributed by atoms with Gasteiger partial charge in [-0.2, -0.15) is 0 Å². The minimum Gasteiger partial charge on any atom is -0.456 e. The lowest BCUT2D eigenvalue weighted by Gasteiger charge is -2.12. The average Bonchev–Trinajstić information content (AvgIpc) is 3.94. The number of aromatic nitrogens is 3. The number of nitrogens with zero attached hydrogens (tertiary/aromatic N) is 3. The van der Waals surface area contributed by atoms with Crippen LogP contribution >= 0.6 is 11.3 Å². The van der Waals surface area contributed by atoms with Crippen LogP contribution in [0.1, 0.15) is 0 Å². The van der Waals surface area contributed by atoms with Crippen molar-refractivity contribution in [1.82, 2.24) is 15.0 Å². The molecule has 10 aromatic carbocycles. The van der Waals surface area contributed by atoms with Crippen LogP contribution < -0.4 is 0 Å². The van der Waals surface area contributed by atoms with Crippen molar-refractivity contribution in [3.05, 3.63) is 212 Å². The van der Waals surface area contributed by atoms with Crippen LogP contribution in [-0.4, -0.2) is 15.0 Å². The summed E-state index contributed by atoms with van der Waals surface area (Å²) in [5.74, 6) is 1.81. The topological polar surface area (TPSA) is 51.8 Å². The van der Waals surface area contributed by atoms with Gasteiger partial charge < -0.3 is 4.42 Å². The van der Waals surface area contributed by atoms with Crippen molar-refractivity contribution in [1.29, 1.82) is 0 Å². The van der Waals surface area contributed by atoms with E-state index in [4.69, 9.17) is 19.4 Å². The van der Waals surface area contributed by atoms with Crippen molar-refractivity contribution in [2.45, 2.75) is 0 Å². The van der Waals surface area contributed by atoms with Gasteiger partial charge in [-0.3, -0.25) is 0 Å². The van der Waals surface area contributed by atoms with E-state index >= 15 is 0 Å². The summed E-state index contributed by atoms with van der Waals surface area (Å²) < 4.78 is 9.27. The van der Waals surface area contributed by atoms with Crippen molar-refractivity contribution in [2.24, 2.45) is 0 Å². The van der Waals surface area contributed by atoms with Gasteiger partial charge in [0.15, 0.2) is 17.5 Å². The highest BCUT2D eigenvalue weighted by atomic mass is 32.1. The Morgan fingerprint density at radius 1 is 0.312 bits per heavy atom. The van der Waals surface area contributed by atoms with Crippen LogP contribution in [0.4, 0.5) is 0 Å². The molecule has 0 aliphatic rings. The van der Waals surface area contributed by atoms with Crippen molar-refractivity contribution in [2.75, 3.05) is 0 Å². The number of furan rings is 1. The third-order valence-corrected chi connectivity index (χ3v) is 13.8. The van der Waals surface area contributed by atoms with E-state index in [0.717, 1.165) is 66.1 Å². The number of rotatable bonds is 6. The summed E-state index contributed by atoms with van der Waals surface area (Å²) in [7, 11) is 0. The third-order valence-electron chi connectivity index (χ3n) is 12.6. The van der Waals surface area contributed by atoms with Crippen molar-refractivity contribution in [3.63, 3.8) is 0 Å². The first-order chi connectivity index (χ1) is 31.7. The fourth-order valence-electron chi connectivity index (χ4n) is 9.48.